The van der Waals surface area contributed by atoms with E-state index in [-0.39, 0.29) is 5.57 Å². The summed E-state index contributed by atoms with van der Waals surface area (Å²) in [5, 5.41) is 10.4. The molecule has 2 aromatic rings. The van der Waals surface area contributed by atoms with Crippen molar-refractivity contribution >= 4 is 28.8 Å². The lowest BCUT2D eigenvalue weighted by atomic mass is 10.0. The Hall–Kier alpha value is -3.48. The van der Waals surface area contributed by atoms with Crippen LogP contribution in [0, 0.1) is 0 Å². The molecule has 0 fully saturated rings. The van der Waals surface area contributed by atoms with Gasteiger partial charge < -0.3 is 19.5 Å². The summed E-state index contributed by atoms with van der Waals surface area (Å²) in [7, 11) is 2.98. The zero-order valence-corrected chi connectivity index (χ0v) is 16.9. The van der Waals surface area contributed by atoms with Crippen molar-refractivity contribution in [1.29, 1.82) is 0 Å². The highest BCUT2D eigenvalue weighted by Gasteiger charge is 2.40. The second-order valence-corrected chi connectivity index (χ2v) is 6.43. The number of nitrogens with zero attached hydrogens (tertiary/aromatic N) is 2. The van der Waals surface area contributed by atoms with Gasteiger partial charge in [0, 0.05) is 18.8 Å². The van der Waals surface area contributed by atoms with Crippen molar-refractivity contribution in [3.63, 3.8) is 0 Å². The van der Waals surface area contributed by atoms with E-state index in [1.54, 1.807) is 30.3 Å². The van der Waals surface area contributed by atoms with Crippen LogP contribution in [0.1, 0.15) is 19.4 Å². The van der Waals surface area contributed by atoms with Gasteiger partial charge in [0.25, 0.3) is 5.91 Å². The molecule has 2 aromatic carbocycles. The molecule has 7 heteroatoms. The highest BCUT2D eigenvalue weighted by Crippen LogP contribution is 2.36. The van der Waals surface area contributed by atoms with Gasteiger partial charge in [-0.15, -0.1) is 0 Å². The molecule has 7 nitrogen and oxygen atoms in total. The van der Waals surface area contributed by atoms with Gasteiger partial charge in [-0.25, -0.2) is 4.90 Å². The van der Waals surface area contributed by atoms with Crippen molar-refractivity contribution < 1.29 is 24.2 Å². The topological polar surface area (TPSA) is 79.3 Å². The monoisotopic (exact) mass is 396 g/mol. The van der Waals surface area contributed by atoms with E-state index in [1.165, 1.54) is 14.2 Å². The summed E-state index contributed by atoms with van der Waals surface area (Å²) >= 11 is 0. The predicted molar refractivity (Wildman–Crippen MR) is 112 cm³/mol. The van der Waals surface area contributed by atoms with Crippen LogP contribution >= 0.6 is 0 Å². The fourth-order valence-electron chi connectivity index (χ4n) is 3.41. The van der Waals surface area contributed by atoms with Gasteiger partial charge in [-0.05, 0) is 55.8 Å². The first-order valence-electron chi connectivity index (χ1n) is 9.36. The van der Waals surface area contributed by atoms with Crippen molar-refractivity contribution in [2.24, 2.45) is 0 Å². The number of benzene rings is 2. The molecule has 0 spiro atoms. The molecule has 0 saturated carbocycles. The maximum absolute atomic E-state index is 13.0. The molecule has 3 rings (SSSR count). The second-order valence-electron chi connectivity index (χ2n) is 6.43. The Labute approximate surface area is 169 Å². The first-order valence-corrected chi connectivity index (χ1v) is 9.36. The van der Waals surface area contributed by atoms with Gasteiger partial charge in [0.15, 0.2) is 17.3 Å². The van der Waals surface area contributed by atoms with Crippen LogP contribution in [-0.4, -0.2) is 44.2 Å². The van der Waals surface area contributed by atoms with Gasteiger partial charge in [-0.3, -0.25) is 9.59 Å². The number of hydrogen-bond acceptors (Lipinski definition) is 6. The number of aliphatic hydroxyl groups is 1. The van der Waals surface area contributed by atoms with E-state index in [0.717, 1.165) is 23.7 Å². The smallest absolute Gasteiger partial charge is 0.301 e. The zero-order chi connectivity index (χ0) is 21.1. The summed E-state index contributed by atoms with van der Waals surface area (Å²) in [6, 6.07) is 11.9. The Balaban J connectivity index is 1.95. The lowest BCUT2D eigenvalue weighted by molar-refractivity contribution is -0.121. The summed E-state index contributed by atoms with van der Waals surface area (Å²) in [6.45, 7) is 5.82. The average Bonchev–Trinajstić information content (AvgIpc) is 2.97. The molecule has 0 aliphatic carbocycles. The summed E-state index contributed by atoms with van der Waals surface area (Å²) in [5.41, 5.74) is 1.71. The molecule has 0 bridgehead atoms. The van der Waals surface area contributed by atoms with Crippen molar-refractivity contribution in [1.82, 2.24) is 0 Å². The molecule has 2 amide bonds. The number of methoxy groups -OCH3 is 2. The van der Waals surface area contributed by atoms with Crippen molar-refractivity contribution in [3.8, 4) is 11.5 Å². The normalized spacial score (nSPS) is 13.9. The van der Waals surface area contributed by atoms with Gasteiger partial charge in [-0.2, -0.15) is 0 Å². The van der Waals surface area contributed by atoms with Crippen LogP contribution in [0.15, 0.2) is 48.2 Å². The molecule has 1 aliphatic heterocycles. The Morgan fingerprint density at radius 1 is 0.897 bits per heavy atom. The number of hydrogen-bond donors (Lipinski definition) is 1. The highest BCUT2D eigenvalue weighted by atomic mass is 16.5. The Bertz CT molecular complexity index is 962. The Morgan fingerprint density at radius 2 is 1.52 bits per heavy atom. The SMILES string of the molecule is CCN(CC)c1ccc(N2C(=O)C(O)=C(c3ccc(OC)c(OC)c3)C2=O)cc1. The van der Waals surface area contributed by atoms with Crippen LogP contribution in [0.5, 0.6) is 11.5 Å². The van der Waals surface area contributed by atoms with Crippen LogP contribution < -0.4 is 19.3 Å². The van der Waals surface area contributed by atoms with E-state index < -0.39 is 17.6 Å². The summed E-state index contributed by atoms with van der Waals surface area (Å²) < 4.78 is 10.5. The summed E-state index contributed by atoms with van der Waals surface area (Å²) in [5.74, 6) is -1.05. The Kier molecular flexibility index (Phi) is 5.77. The molecular formula is C22H24N2O5. The van der Waals surface area contributed by atoms with Crippen LogP contribution in [0.4, 0.5) is 11.4 Å². The van der Waals surface area contributed by atoms with Crippen LogP contribution in [0.2, 0.25) is 0 Å². The van der Waals surface area contributed by atoms with E-state index >= 15 is 0 Å². The molecule has 0 radical (unpaired) electrons. The van der Waals surface area contributed by atoms with E-state index in [1.807, 2.05) is 12.1 Å². The number of anilines is 2. The van der Waals surface area contributed by atoms with E-state index in [2.05, 4.69) is 18.7 Å². The number of amides is 2. The molecule has 0 atom stereocenters. The largest absolute Gasteiger partial charge is 0.502 e. The van der Waals surface area contributed by atoms with E-state index in [0.29, 0.717) is 22.7 Å². The fourth-order valence-corrected chi connectivity index (χ4v) is 3.41. The van der Waals surface area contributed by atoms with E-state index in [4.69, 9.17) is 9.47 Å². The quantitative estimate of drug-likeness (QED) is 0.723. The minimum absolute atomic E-state index is 0.0660. The third-order valence-electron chi connectivity index (χ3n) is 4.97. The first-order chi connectivity index (χ1) is 14.0. The molecule has 0 saturated heterocycles. The molecule has 1 aliphatic rings. The van der Waals surface area contributed by atoms with Crippen LogP contribution in [-0.2, 0) is 9.59 Å². The number of imide groups is 1. The van der Waals surface area contributed by atoms with Gasteiger partial charge in [0.1, 0.15) is 0 Å². The molecule has 1 N–H and O–H groups in total. The van der Waals surface area contributed by atoms with Gasteiger partial charge in [-0.1, -0.05) is 6.07 Å². The van der Waals surface area contributed by atoms with Crippen molar-refractivity contribution in [2.45, 2.75) is 13.8 Å². The molecule has 0 unspecified atom stereocenters. The third kappa shape index (κ3) is 3.51. The summed E-state index contributed by atoms with van der Waals surface area (Å²) in [4.78, 5) is 28.8. The number of ether oxygens (including phenoxy) is 2. The van der Waals surface area contributed by atoms with Gasteiger partial charge in [0.05, 0.1) is 25.5 Å². The second kappa shape index (κ2) is 8.26. The third-order valence-corrected chi connectivity index (χ3v) is 4.97. The first kappa shape index (κ1) is 20.3. The van der Waals surface area contributed by atoms with E-state index in [9.17, 15) is 14.7 Å². The lowest BCUT2D eigenvalue weighted by Crippen LogP contribution is -2.31. The van der Waals surface area contributed by atoms with Crippen LogP contribution in [0.25, 0.3) is 5.57 Å². The molecule has 0 aromatic heterocycles. The molecular weight excluding hydrogens is 372 g/mol. The number of aliphatic hydroxyl groups excluding tert-OH is 1. The number of carbonyl (C=O) groups excluding carboxylic acids is 2. The minimum atomic E-state index is -0.754. The predicted octanol–water partition coefficient (Wildman–Crippen LogP) is 3.39. The zero-order valence-electron chi connectivity index (χ0n) is 16.9. The minimum Gasteiger partial charge on any atom is -0.502 e. The average molecular weight is 396 g/mol. The Morgan fingerprint density at radius 3 is 2.07 bits per heavy atom. The maximum Gasteiger partial charge on any atom is 0.301 e. The summed E-state index contributed by atoms with van der Waals surface area (Å²) in [6.07, 6.45) is 0. The van der Waals surface area contributed by atoms with Crippen molar-refractivity contribution in [3.05, 3.63) is 53.8 Å². The standard InChI is InChI=1S/C22H24N2O5/c1-5-23(6-2)15-8-10-16(11-9-15)24-21(26)19(20(25)22(24)27)14-7-12-17(28-3)18(13-14)29-4/h7-13,25H,5-6H2,1-4H3. The van der Waals surface area contributed by atoms with Crippen molar-refractivity contribution in [2.75, 3.05) is 37.1 Å². The van der Waals surface area contributed by atoms with Crippen LogP contribution in [0.3, 0.4) is 0 Å². The van der Waals surface area contributed by atoms with Gasteiger partial charge in [0.2, 0.25) is 0 Å². The highest BCUT2D eigenvalue weighted by molar-refractivity contribution is 6.44. The molecule has 152 valence electrons. The van der Waals surface area contributed by atoms with Gasteiger partial charge >= 0.3 is 5.91 Å². The fraction of sp³-hybridized carbons (Fsp3) is 0.273. The molecule has 29 heavy (non-hydrogen) atoms. The molecule has 1 heterocycles. The lowest BCUT2D eigenvalue weighted by Gasteiger charge is -2.22. The number of rotatable bonds is 7. The number of carbonyl (C=O) groups is 2. The maximum atomic E-state index is 13.0.